The molecule has 3 fully saturated rings. The summed E-state index contributed by atoms with van der Waals surface area (Å²) in [7, 11) is 0. The van der Waals surface area contributed by atoms with Crippen LogP contribution in [0.5, 0.6) is 11.5 Å². The minimum absolute atomic E-state index is 0.141. The molecule has 58 heavy (non-hydrogen) atoms. The highest BCUT2D eigenvalue weighted by molar-refractivity contribution is 6.31. The van der Waals surface area contributed by atoms with Gasteiger partial charge in [-0.1, -0.05) is 39.3 Å². The molecule has 1 aliphatic carbocycles. The van der Waals surface area contributed by atoms with Crippen LogP contribution in [0.15, 0.2) is 54.7 Å². The van der Waals surface area contributed by atoms with Crippen LogP contribution in [0.25, 0.3) is 0 Å². The molecule has 306 valence electrons. The van der Waals surface area contributed by atoms with Crippen molar-refractivity contribution in [3.8, 4) is 17.6 Å². The van der Waals surface area contributed by atoms with Crippen molar-refractivity contribution in [1.29, 1.82) is 5.26 Å². The fraction of sp³-hybridized carbons (Fsp3) is 0.500. The average Bonchev–Trinajstić information content (AvgIpc) is 3.21. The summed E-state index contributed by atoms with van der Waals surface area (Å²) in [6.07, 6.45) is 5.76. The van der Waals surface area contributed by atoms with Crippen LogP contribution < -0.4 is 25.0 Å². The number of nitriles is 1. The Balaban J connectivity index is 0.796. The molecule has 4 amide bonds. The first-order valence-electron chi connectivity index (χ1n) is 20.3. The number of halogens is 1. The van der Waals surface area contributed by atoms with E-state index >= 15 is 0 Å². The second kappa shape index (κ2) is 17.0. The number of carbonyl (C=O) groups excluding carboxylic acids is 4. The van der Waals surface area contributed by atoms with Crippen molar-refractivity contribution in [3.63, 3.8) is 0 Å². The maximum Gasteiger partial charge on any atom is 0.254 e. The zero-order chi connectivity index (χ0) is 41.2. The van der Waals surface area contributed by atoms with Gasteiger partial charge in [0.15, 0.2) is 0 Å². The Bertz CT molecular complexity index is 2080. The van der Waals surface area contributed by atoms with Crippen molar-refractivity contribution in [2.45, 2.75) is 84.4 Å². The van der Waals surface area contributed by atoms with Crippen molar-refractivity contribution < 1.29 is 28.7 Å². The van der Waals surface area contributed by atoms with Crippen molar-refractivity contribution in [2.24, 2.45) is 10.8 Å². The molecule has 0 bridgehead atoms. The number of hydrogen-bond donors (Lipinski definition) is 2. The van der Waals surface area contributed by atoms with Crippen LogP contribution in [-0.2, 0) is 16.0 Å². The van der Waals surface area contributed by atoms with E-state index in [0.29, 0.717) is 53.5 Å². The van der Waals surface area contributed by atoms with Crippen LogP contribution in [0.1, 0.15) is 91.6 Å². The minimum Gasteiger partial charge on any atom is -0.494 e. The molecule has 2 aromatic carbocycles. The lowest BCUT2D eigenvalue weighted by Crippen LogP contribution is -2.74. The summed E-state index contributed by atoms with van der Waals surface area (Å²) in [6, 6.07) is 15.7. The number of carbonyl (C=O) groups is 4. The number of aromatic nitrogens is 1. The van der Waals surface area contributed by atoms with Gasteiger partial charge >= 0.3 is 0 Å². The summed E-state index contributed by atoms with van der Waals surface area (Å²) < 4.78 is 12.4. The molecule has 2 N–H and O–H groups in total. The molecule has 0 spiro atoms. The van der Waals surface area contributed by atoms with Crippen LogP contribution in [0.4, 0.5) is 5.82 Å². The predicted molar refractivity (Wildman–Crippen MR) is 219 cm³/mol. The molecule has 1 aromatic heterocycles. The molecule has 2 saturated heterocycles. The standard InChI is InChI=1S/C44H52ClN7O6/c1-43(2)41(44(3,4)42(43)58-32-10-8-29(26-46)34(45)25-32)49-38(54)30-9-14-36(47-27-30)51-21-19-50(20-22-51)17-6-5-7-23-57-31-11-12-33-28(24-31)16-18-52(40(33)56)35-13-15-37(53)48-39(35)55/h8-12,14,24-25,27,35,41-42H,5-7,13,15-23H2,1-4H3,(H,49,54)(H,48,53,55)/t35?,41-,42-. The first-order chi connectivity index (χ1) is 27.8. The molecule has 4 heterocycles. The van der Waals surface area contributed by atoms with Crippen LogP contribution in [0, 0.1) is 22.2 Å². The van der Waals surface area contributed by atoms with E-state index in [0.717, 1.165) is 69.1 Å². The quantitative estimate of drug-likeness (QED) is 0.170. The third kappa shape index (κ3) is 8.50. The van der Waals surface area contributed by atoms with Crippen molar-refractivity contribution in [2.75, 3.05) is 50.8 Å². The molecule has 14 heteroatoms. The molecule has 4 aliphatic rings. The number of imide groups is 1. The van der Waals surface area contributed by atoms with Gasteiger partial charge in [0, 0.05) is 73.8 Å². The largest absolute Gasteiger partial charge is 0.494 e. The molecule has 3 aromatic rings. The van der Waals surface area contributed by atoms with Gasteiger partial charge in [-0.05, 0) is 86.7 Å². The maximum atomic E-state index is 13.4. The number of anilines is 1. The number of nitrogens with zero attached hydrogens (tertiary/aromatic N) is 5. The number of ether oxygens (including phenoxy) is 2. The van der Waals surface area contributed by atoms with E-state index < -0.39 is 11.9 Å². The summed E-state index contributed by atoms with van der Waals surface area (Å²) in [5.41, 5.74) is 1.71. The predicted octanol–water partition coefficient (Wildman–Crippen LogP) is 5.39. The van der Waals surface area contributed by atoms with E-state index in [1.807, 2.05) is 24.3 Å². The second-order valence-electron chi connectivity index (χ2n) is 17.0. The van der Waals surface area contributed by atoms with Gasteiger partial charge in [0.05, 0.1) is 22.8 Å². The third-order valence-electron chi connectivity index (χ3n) is 12.3. The lowest BCUT2D eigenvalue weighted by molar-refractivity contribution is -0.164. The van der Waals surface area contributed by atoms with Gasteiger partial charge in [0.1, 0.15) is 35.5 Å². The van der Waals surface area contributed by atoms with Gasteiger partial charge < -0.3 is 24.6 Å². The number of pyridine rings is 1. The van der Waals surface area contributed by atoms with E-state index in [4.69, 9.17) is 21.1 Å². The summed E-state index contributed by atoms with van der Waals surface area (Å²) in [4.78, 5) is 61.4. The van der Waals surface area contributed by atoms with Gasteiger partial charge in [-0.2, -0.15) is 5.26 Å². The molecule has 1 unspecified atom stereocenters. The molecule has 0 radical (unpaired) electrons. The van der Waals surface area contributed by atoms with Crippen molar-refractivity contribution >= 4 is 41.0 Å². The zero-order valence-electron chi connectivity index (χ0n) is 33.7. The topological polar surface area (TPSA) is 157 Å². The van der Waals surface area contributed by atoms with Gasteiger partial charge in [-0.3, -0.25) is 29.4 Å². The summed E-state index contributed by atoms with van der Waals surface area (Å²) in [5.74, 6) is 1.18. The van der Waals surface area contributed by atoms with Gasteiger partial charge in [0.25, 0.3) is 11.8 Å². The molecular weight excluding hydrogens is 758 g/mol. The average molecular weight is 810 g/mol. The first kappa shape index (κ1) is 41.0. The summed E-state index contributed by atoms with van der Waals surface area (Å²) in [5, 5.41) is 15.1. The monoisotopic (exact) mass is 809 g/mol. The lowest BCUT2D eigenvalue weighted by Gasteiger charge is -2.63. The fourth-order valence-electron chi connectivity index (χ4n) is 9.37. The molecule has 3 aliphatic heterocycles. The highest BCUT2D eigenvalue weighted by Crippen LogP contribution is 2.55. The van der Waals surface area contributed by atoms with E-state index in [1.165, 1.54) is 0 Å². The van der Waals surface area contributed by atoms with Gasteiger partial charge in [0.2, 0.25) is 11.8 Å². The first-order valence-corrected chi connectivity index (χ1v) is 20.6. The van der Waals surface area contributed by atoms with Crippen LogP contribution >= 0.6 is 11.6 Å². The molecule has 7 rings (SSSR count). The van der Waals surface area contributed by atoms with Crippen LogP contribution in [-0.4, -0.2) is 102 Å². The Kier molecular flexibility index (Phi) is 12.0. The van der Waals surface area contributed by atoms with Gasteiger partial charge in [-0.15, -0.1) is 0 Å². The number of unbranched alkanes of at least 4 members (excludes halogenated alkanes) is 2. The molecule has 13 nitrogen and oxygen atoms in total. The fourth-order valence-corrected chi connectivity index (χ4v) is 9.58. The summed E-state index contributed by atoms with van der Waals surface area (Å²) >= 11 is 6.24. The molecule has 1 saturated carbocycles. The number of nitrogens with one attached hydrogen (secondary N) is 2. The highest BCUT2D eigenvalue weighted by Gasteiger charge is 2.64. The Labute approximate surface area is 345 Å². The summed E-state index contributed by atoms with van der Waals surface area (Å²) in [6.45, 7) is 14.0. The van der Waals surface area contributed by atoms with Crippen molar-refractivity contribution in [1.82, 2.24) is 25.4 Å². The number of piperidine rings is 1. The number of piperazine rings is 1. The SMILES string of the molecule is CC1(C)[C@H](NC(=O)c2ccc(N3CCN(CCCCCOc4ccc5c(c4)CCN(C4CCC(=O)NC4=O)C5=O)CC3)nc2)C(C)(C)[C@H]1Oc1ccc(C#N)c(Cl)c1. The number of benzene rings is 2. The van der Waals surface area contributed by atoms with Gasteiger partial charge in [-0.25, -0.2) is 4.98 Å². The van der Waals surface area contributed by atoms with E-state index in [9.17, 15) is 24.4 Å². The minimum atomic E-state index is -0.602. The smallest absolute Gasteiger partial charge is 0.254 e. The number of rotatable bonds is 13. The Morgan fingerprint density at radius 3 is 2.40 bits per heavy atom. The third-order valence-corrected chi connectivity index (χ3v) is 12.6. The number of fused-ring (bicyclic) bond motifs is 1. The Morgan fingerprint density at radius 2 is 1.71 bits per heavy atom. The Morgan fingerprint density at radius 1 is 0.948 bits per heavy atom. The Hall–Kier alpha value is -5.19. The number of amides is 4. The normalized spacial score (nSPS) is 22.6. The molecule has 1 atom stereocenters. The maximum absolute atomic E-state index is 13.4. The van der Waals surface area contributed by atoms with Crippen LogP contribution in [0.3, 0.4) is 0 Å². The lowest BCUT2D eigenvalue weighted by atomic mass is 9.49. The number of hydrogen-bond acceptors (Lipinski definition) is 10. The highest BCUT2D eigenvalue weighted by atomic mass is 35.5. The van der Waals surface area contributed by atoms with Crippen LogP contribution in [0.2, 0.25) is 5.02 Å². The van der Waals surface area contributed by atoms with E-state index in [1.54, 1.807) is 35.4 Å². The van der Waals surface area contributed by atoms with Crippen molar-refractivity contribution in [3.05, 3.63) is 82.0 Å². The molecular formula is C44H52ClN7O6. The second-order valence-corrected chi connectivity index (χ2v) is 17.4. The van der Waals surface area contributed by atoms with E-state index in [-0.39, 0.29) is 47.1 Å². The zero-order valence-corrected chi connectivity index (χ0v) is 34.4. The van der Waals surface area contributed by atoms with E-state index in [2.05, 4.69) is 59.2 Å².